The van der Waals surface area contributed by atoms with Crippen molar-refractivity contribution in [3.63, 3.8) is 0 Å². The Bertz CT molecular complexity index is 737. The Morgan fingerprint density at radius 3 is 2.48 bits per heavy atom. The Kier molecular flexibility index (Phi) is 7.88. The van der Waals surface area contributed by atoms with E-state index < -0.39 is 16.1 Å². The van der Waals surface area contributed by atoms with Gasteiger partial charge in [-0.1, -0.05) is 20.8 Å². The van der Waals surface area contributed by atoms with E-state index in [0.717, 1.165) is 13.0 Å². The molecule has 1 atom stereocenters. The first-order chi connectivity index (χ1) is 12.8. The zero-order valence-electron chi connectivity index (χ0n) is 16.1. The average Bonchev–Trinajstić information content (AvgIpc) is 2.65. The molecule has 0 fully saturated rings. The fourth-order valence-corrected chi connectivity index (χ4v) is 3.96. The summed E-state index contributed by atoms with van der Waals surface area (Å²) in [6.45, 7) is 8.41. The number of ether oxygens (including phenoxy) is 2. The summed E-state index contributed by atoms with van der Waals surface area (Å²) in [5, 5.41) is 5.96. The van der Waals surface area contributed by atoms with Crippen molar-refractivity contribution in [3.05, 3.63) is 18.2 Å². The zero-order valence-corrected chi connectivity index (χ0v) is 16.9. The fourth-order valence-electron chi connectivity index (χ4n) is 2.60. The second-order valence-corrected chi connectivity index (χ2v) is 8.40. The summed E-state index contributed by atoms with van der Waals surface area (Å²) in [4.78, 5) is 12.5. The molecule has 1 aliphatic rings. The van der Waals surface area contributed by atoms with E-state index in [1.807, 2.05) is 0 Å². The van der Waals surface area contributed by atoms with E-state index in [2.05, 4.69) is 22.3 Å². The predicted molar refractivity (Wildman–Crippen MR) is 103 cm³/mol. The lowest BCUT2D eigenvalue weighted by atomic mass is 10.1. The van der Waals surface area contributed by atoms with Crippen LogP contribution in [0.2, 0.25) is 0 Å². The molecule has 152 valence electrons. The van der Waals surface area contributed by atoms with Crippen LogP contribution >= 0.6 is 0 Å². The molecular weight excluding hydrogens is 370 g/mol. The SMILES string of the molecule is CCCNCCNC(=O)C(NS(=O)(=O)c1ccc2c(c1)OCCO2)C(C)C. The van der Waals surface area contributed by atoms with Crippen molar-refractivity contribution in [1.82, 2.24) is 15.4 Å². The Balaban J connectivity index is 2.04. The van der Waals surface area contributed by atoms with Crippen LogP contribution in [0, 0.1) is 5.92 Å². The highest BCUT2D eigenvalue weighted by atomic mass is 32.2. The molecule has 0 spiro atoms. The normalized spacial score (nSPS) is 14.8. The molecule has 1 unspecified atom stereocenters. The quantitative estimate of drug-likeness (QED) is 0.504. The first kappa shape index (κ1) is 21.5. The molecule has 1 aromatic rings. The van der Waals surface area contributed by atoms with Gasteiger partial charge in [-0.2, -0.15) is 4.72 Å². The maximum Gasteiger partial charge on any atom is 0.241 e. The van der Waals surface area contributed by atoms with Gasteiger partial charge in [0.05, 0.1) is 4.90 Å². The maximum absolute atomic E-state index is 12.8. The van der Waals surface area contributed by atoms with Gasteiger partial charge in [0, 0.05) is 19.2 Å². The van der Waals surface area contributed by atoms with Crippen LogP contribution in [-0.2, 0) is 14.8 Å². The number of amides is 1. The second-order valence-electron chi connectivity index (χ2n) is 6.69. The smallest absolute Gasteiger partial charge is 0.241 e. The van der Waals surface area contributed by atoms with Gasteiger partial charge in [-0.05, 0) is 31.0 Å². The third kappa shape index (κ3) is 6.08. The summed E-state index contributed by atoms with van der Waals surface area (Å²) >= 11 is 0. The molecule has 1 heterocycles. The highest BCUT2D eigenvalue weighted by Gasteiger charge is 2.29. The van der Waals surface area contributed by atoms with Crippen molar-refractivity contribution in [3.8, 4) is 11.5 Å². The highest BCUT2D eigenvalue weighted by molar-refractivity contribution is 7.89. The summed E-state index contributed by atoms with van der Waals surface area (Å²) < 4.78 is 38.9. The predicted octanol–water partition coefficient (Wildman–Crippen LogP) is 0.877. The van der Waals surface area contributed by atoms with E-state index in [9.17, 15) is 13.2 Å². The summed E-state index contributed by atoms with van der Waals surface area (Å²) in [6.07, 6.45) is 1.01. The van der Waals surface area contributed by atoms with E-state index in [1.54, 1.807) is 19.9 Å². The van der Waals surface area contributed by atoms with Crippen LogP contribution in [0.1, 0.15) is 27.2 Å². The lowest BCUT2D eigenvalue weighted by Crippen LogP contribution is -2.50. The number of carbonyl (C=O) groups is 1. The van der Waals surface area contributed by atoms with E-state index >= 15 is 0 Å². The van der Waals surface area contributed by atoms with Gasteiger partial charge in [0.15, 0.2) is 11.5 Å². The van der Waals surface area contributed by atoms with Gasteiger partial charge in [-0.25, -0.2) is 8.42 Å². The largest absolute Gasteiger partial charge is 0.486 e. The van der Waals surface area contributed by atoms with E-state index in [0.29, 0.717) is 37.8 Å². The van der Waals surface area contributed by atoms with E-state index in [4.69, 9.17) is 9.47 Å². The van der Waals surface area contributed by atoms with Gasteiger partial charge in [0.1, 0.15) is 19.3 Å². The molecule has 0 radical (unpaired) electrons. The molecule has 0 bridgehead atoms. The topological polar surface area (TPSA) is 106 Å². The number of carbonyl (C=O) groups excluding carboxylic acids is 1. The van der Waals surface area contributed by atoms with Crippen LogP contribution < -0.4 is 24.8 Å². The highest BCUT2D eigenvalue weighted by Crippen LogP contribution is 2.32. The molecule has 1 aliphatic heterocycles. The summed E-state index contributed by atoms with van der Waals surface area (Å²) in [6, 6.07) is 3.56. The van der Waals surface area contributed by atoms with Gasteiger partial charge in [0.25, 0.3) is 0 Å². The van der Waals surface area contributed by atoms with Gasteiger partial charge in [-0.3, -0.25) is 4.79 Å². The monoisotopic (exact) mass is 399 g/mol. The van der Waals surface area contributed by atoms with Crippen LogP contribution in [0.25, 0.3) is 0 Å². The first-order valence-electron chi connectivity index (χ1n) is 9.25. The maximum atomic E-state index is 12.8. The Hall–Kier alpha value is -1.84. The molecule has 3 N–H and O–H groups in total. The molecule has 8 nitrogen and oxygen atoms in total. The van der Waals surface area contributed by atoms with Gasteiger partial charge < -0.3 is 20.1 Å². The molecule has 0 aromatic heterocycles. The van der Waals surface area contributed by atoms with Crippen molar-refractivity contribution in [1.29, 1.82) is 0 Å². The number of sulfonamides is 1. The molecule has 1 aromatic carbocycles. The minimum Gasteiger partial charge on any atom is -0.486 e. The molecule has 1 amide bonds. The van der Waals surface area contributed by atoms with E-state index in [1.165, 1.54) is 12.1 Å². The van der Waals surface area contributed by atoms with Crippen molar-refractivity contribution in [2.75, 3.05) is 32.8 Å². The first-order valence-corrected chi connectivity index (χ1v) is 10.7. The summed E-state index contributed by atoms with van der Waals surface area (Å²) in [7, 11) is -3.88. The van der Waals surface area contributed by atoms with Crippen molar-refractivity contribution >= 4 is 15.9 Å². The molecule has 0 aliphatic carbocycles. The number of hydrogen-bond donors (Lipinski definition) is 3. The minimum absolute atomic E-state index is 0.0369. The fraction of sp³-hybridized carbons (Fsp3) is 0.611. The summed E-state index contributed by atoms with van der Waals surface area (Å²) in [5.41, 5.74) is 0. The number of nitrogens with one attached hydrogen (secondary N) is 3. The Morgan fingerprint density at radius 1 is 1.11 bits per heavy atom. The number of benzene rings is 1. The van der Waals surface area contributed by atoms with Crippen LogP contribution in [-0.4, -0.2) is 53.2 Å². The molecule has 27 heavy (non-hydrogen) atoms. The molecular formula is C18H29N3O5S. The lowest BCUT2D eigenvalue weighted by Gasteiger charge is -2.23. The van der Waals surface area contributed by atoms with Crippen LogP contribution in [0.4, 0.5) is 0 Å². The number of rotatable bonds is 10. The summed E-state index contributed by atoms with van der Waals surface area (Å²) in [5.74, 6) is 0.347. The molecule has 2 rings (SSSR count). The van der Waals surface area contributed by atoms with Gasteiger partial charge in [0.2, 0.25) is 15.9 Å². The zero-order chi connectivity index (χ0) is 19.9. The van der Waals surface area contributed by atoms with Crippen LogP contribution in [0.5, 0.6) is 11.5 Å². The third-order valence-electron chi connectivity index (χ3n) is 4.08. The molecule has 0 saturated carbocycles. The Morgan fingerprint density at radius 2 is 1.81 bits per heavy atom. The minimum atomic E-state index is -3.88. The Labute approximate surface area is 161 Å². The molecule has 9 heteroatoms. The third-order valence-corrected chi connectivity index (χ3v) is 5.52. The van der Waals surface area contributed by atoms with Crippen LogP contribution in [0.3, 0.4) is 0 Å². The van der Waals surface area contributed by atoms with Gasteiger partial charge >= 0.3 is 0 Å². The standard InChI is InChI=1S/C18H29N3O5S/c1-4-7-19-8-9-20-18(22)17(13(2)3)21-27(23,24)14-5-6-15-16(12-14)26-11-10-25-15/h5-6,12-13,17,19,21H,4,7-11H2,1-3H3,(H,20,22). The molecule has 0 saturated heterocycles. The second kappa shape index (κ2) is 9.91. The van der Waals surface area contributed by atoms with Crippen molar-refractivity contribution in [2.45, 2.75) is 38.1 Å². The number of fused-ring (bicyclic) bond motifs is 1. The average molecular weight is 400 g/mol. The van der Waals surface area contributed by atoms with Crippen molar-refractivity contribution < 1.29 is 22.7 Å². The van der Waals surface area contributed by atoms with Gasteiger partial charge in [-0.15, -0.1) is 0 Å². The number of hydrogen-bond acceptors (Lipinski definition) is 6. The van der Waals surface area contributed by atoms with Crippen LogP contribution in [0.15, 0.2) is 23.1 Å². The van der Waals surface area contributed by atoms with E-state index in [-0.39, 0.29) is 16.7 Å². The lowest BCUT2D eigenvalue weighted by molar-refractivity contribution is -0.123. The van der Waals surface area contributed by atoms with Crippen molar-refractivity contribution in [2.24, 2.45) is 5.92 Å².